The number of fused-ring (bicyclic) bond motifs is 12. The summed E-state index contributed by atoms with van der Waals surface area (Å²) in [6.45, 7) is 0. The first-order chi connectivity index (χ1) is 40.7. The fraction of sp³-hybridized carbons (Fsp3) is 0. The van der Waals surface area contributed by atoms with Crippen molar-refractivity contribution < 1.29 is 8.83 Å². The van der Waals surface area contributed by atoms with Crippen LogP contribution < -0.4 is 9.80 Å². The van der Waals surface area contributed by atoms with Crippen molar-refractivity contribution in [3.63, 3.8) is 0 Å². The molecule has 0 radical (unpaired) electrons. The van der Waals surface area contributed by atoms with Gasteiger partial charge in [0, 0.05) is 43.7 Å². The van der Waals surface area contributed by atoms with Crippen molar-refractivity contribution in [3.8, 4) is 22.3 Å². The number of para-hydroxylation sites is 4. The van der Waals surface area contributed by atoms with E-state index in [4.69, 9.17) is 8.83 Å². The van der Waals surface area contributed by atoms with Crippen molar-refractivity contribution in [3.05, 3.63) is 291 Å². The van der Waals surface area contributed by atoms with E-state index in [1.165, 1.54) is 21.5 Å². The highest BCUT2D eigenvalue weighted by Crippen LogP contribution is 2.53. The minimum Gasteiger partial charge on any atom is -0.454 e. The standard InChI is InChI=1S/C78H48N2O2/c1-5-27-55-49(19-1)23-13-33-61(55)75-63-45-43-54(80(70-38-16-26-52-22-4-8-30-58(52)70)72-40-18-36-66-60-32-10-12-42-74(60)82-78(66)72)48-68(63)76(62-34-14-24-50-20-2-6-28-56(50)62)64-46-44-53(47-67(64)75)79(69-37-15-25-51-21-3-7-29-57(51)69)71-39-17-35-65-59-31-9-11-41-73(59)81-77(65)71/h1-48H. The zero-order valence-corrected chi connectivity index (χ0v) is 44.4. The number of nitrogens with zero attached hydrogens (tertiary/aromatic N) is 2. The van der Waals surface area contributed by atoms with Crippen LogP contribution in [0.5, 0.6) is 0 Å². The van der Waals surface area contributed by atoms with Crippen LogP contribution in [0.2, 0.25) is 0 Å². The summed E-state index contributed by atoms with van der Waals surface area (Å²) in [6, 6.07) is 106. The van der Waals surface area contributed by atoms with Crippen LogP contribution >= 0.6 is 0 Å². The van der Waals surface area contributed by atoms with Gasteiger partial charge in [0.15, 0.2) is 11.2 Å². The Morgan fingerprint density at radius 2 is 0.524 bits per heavy atom. The summed E-state index contributed by atoms with van der Waals surface area (Å²) in [7, 11) is 0. The fourth-order valence-electron chi connectivity index (χ4n) is 13.4. The summed E-state index contributed by atoms with van der Waals surface area (Å²) in [4.78, 5) is 4.84. The second-order valence-electron chi connectivity index (χ2n) is 21.4. The molecule has 2 heterocycles. The summed E-state index contributed by atoms with van der Waals surface area (Å²) in [5, 5.41) is 18.2. The molecule has 0 aliphatic rings. The van der Waals surface area contributed by atoms with Gasteiger partial charge in [-0.25, -0.2) is 0 Å². The molecule has 17 rings (SSSR count). The molecule has 4 nitrogen and oxygen atoms in total. The molecule has 0 spiro atoms. The SMILES string of the molecule is c1ccc2c(-c3c4ccc(N(c5cccc6ccccc56)c5cccc6c5oc5ccccc56)cc4c(-c4cccc5ccccc45)c4ccc(N(c5cccc6ccccc56)c5cccc6c5oc5ccccc56)cc34)cccc2c1. The summed E-state index contributed by atoms with van der Waals surface area (Å²) in [5.74, 6) is 0. The molecule has 0 amide bonds. The van der Waals surface area contributed by atoms with Crippen molar-refractivity contribution in [2.75, 3.05) is 9.80 Å². The lowest BCUT2D eigenvalue weighted by Gasteiger charge is -2.29. The van der Waals surface area contributed by atoms with E-state index in [-0.39, 0.29) is 0 Å². The molecule has 0 saturated heterocycles. The van der Waals surface area contributed by atoms with Crippen molar-refractivity contribution in [2.45, 2.75) is 0 Å². The Hall–Kier alpha value is -10.9. The highest BCUT2D eigenvalue weighted by atomic mass is 16.3. The lowest BCUT2D eigenvalue weighted by atomic mass is 9.83. The Labute approximate surface area is 472 Å². The van der Waals surface area contributed by atoms with Crippen LogP contribution in [-0.4, -0.2) is 0 Å². The van der Waals surface area contributed by atoms with Crippen LogP contribution in [0.1, 0.15) is 0 Å². The molecule has 0 atom stereocenters. The van der Waals surface area contributed by atoms with Gasteiger partial charge in [0.25, 0.3) is 0 Å². The average molecular weight is 1050 g/mol. The van der Waals surface area contributed by atoms with Crippen molar-refractivity contribution >= 4 is 143 Å². The third-order valence-electron chi connectivity index (χ3n) is 17.0. The Morgan fingerprint density at radius 3 is 0.963 bits per heavy atom. The monoisotopic (exact) mass is 1040 g/mol. The first-order valence-electron chi connectivity index (χ1n) is 28.1. The summed E-state index contributed by atoms with van der Waals surface area (Å²) < 4.78 is 13.9. The van der Waals surface area contributed by atoms with Gasteiger partial charge in [-0.2, -0.15) is 0 Å². The molecule has 0 fully saturated rings. The smallest absolute Gasteiger partial charge is 0.159 e. The third kappa shape index (κ3) is 7.05. The van der Waals surface area contributed by atoms with Gasteiger partial charge < -0.3 is 18.6 Å². The maximum Gasteiger partial charge on any atom is 0.159 e. The van der Waals surface area contributed by atoms with E-state index in [2.05, 4.69) is 289 Å². The Kier molecular flexibility index (Phi) is 10.3. The minimum absolute atomic E-state index is 0.836. The molecule has 0 saturated carbocycles. The van der Waals surface area contributed by atoms with Gasteiger partial charge in [-0.3, -0.25) is 0 Å². The summed E-state index contributed by atoms with van der Waals surface area (Å²) in [5.41, 5.74) is 14.1. The molecule has 0 aliphatic heterocycles. The summed E-state index contributed by atoms with van der Waals surface area (Å²) >= 11 is 0. The number of hydrogen-bond donors (Lipinski definition) is 0. The van der Waals surface area contributed by atoms with Gasteiger partial charge in [0.2, 0.25) is 0 Å². The van der Waals surface area contributed by atoms with Crippen molar-refractivity contribution in [1.82, 2.24) is 0 Å². The largest absolute Gasteiger partial charge is 0.454 e. The lowest BCUT2D eigenvalue weighted by Crippen LogP contribution is -2.11. The van der Waals surface area contributed by atoms with Gasteiger partial charge in [-0.05, 0) is 137 Å². The van der Waals surface area contributed by atoms with Gasteiger partial charge in [-0.15, -0.1) is 0 Å². The molecule has 2 aromatic heterocycles. The van der Waals surface area contributed by atoms with Crippen molar-refractivity contribution in [1.29, 1.82) is 0 Å². The second kappa shape index (κ2) is 18.3. The van der Waals surface area contributed by atoms with E-state index in [0.717, 1.165) is 143 Å². The maximum absolute atomic E-state index is 6.93. The number of rotatable bonds is 8. The van der Waals surface area contributed by atoms with E-state index < -0.39 is 0 Å². The van der Waals surface area contributed by atoms with E-state index >= 15 is 0 Å². The van der Waals surface area contributed by atoms with Gasteiger partial charge in [-0.1, -0.05) is 231 Å². The number of furan rings is 2. The van der Waals surface area contributed by atoms with Gasteiger partial charge in [0.05, 0.1) is 22.7 Å². The number of benzene rings is 15. The number of hydrogen-bond acceptors (Lipinski definition) is 4. The van der Waals surface area contributed by atoms with Crippen molar-refractivity contribution in [2.24, 2.45) is 0 Å². The third-order valence-corrected chi connectivity index (χ3v) is 17.0. The van der Waals surface area contributed by atoms with E-state index in [1.807, 2.05) is 12.1 Å². The Bertz CT molecular complexity index is 5090. The fourth-order valence-corrected chi connectivity index (χ4v) is 13.4. The predicted octanol–water partition coefficient (Wildman–Crippen LogP) is 22.7. The molecule has 15 aromatic carbocycles. The molecule has 0 bridgehead atoms. The molecule has 82 heavy (non-hydrogen) atoms. The van der Waals surface area contributed by atoms with E-state index in [0.29, 0.717) is 0 Å². The molecule has 0 aliphatic carbocycles. The van der Waals surface area contributed by atoms with Crippen LogP contribution in [0.3, 0.4) is 0 Å². The van der Waals surface area contributed by atoms with Crippen LogP contribution in [0.4, 0.5) is 34.1 Å². The van der Waals surface area contributed by atoms with Gasteiger partial charge in [0.1, 0.15) is 11.2 Å². The molecule has 17 aromatic rings. The molecule has 4 heteroatoms. The zero-order valence-electron chi connectivity index (χ0n) is 44.4. The highest BCUT2D eigenvalue weighted by molar-refractivity contribution is 6.27. The first-order valence-corrected chi connectivity index (χ1v) is 28.1. The topological polar surface area (TPSA) is 32.8 Å². The average Bonchev–Trinajstić information content (AvgIpc) is 2.75. The predicted molar refractivity (Wildman–Crippen MR) is 346 cm³/mol. The minimum atomic E-state index is 0.836. The maximum atomic E-state index is 6.93. The molecule has 0 unspecified atom stereocenters. The van der Waals surface area contributed by atoms with Crippen LogP contribution in [0.15, 0.2) is 300 Å². The highest BCUT2D eigenvalue weighted by Gasteiger charge is 2.27. The first kappa shape index (κ1) is 46.0. The second-order valence-corrected chi connectivity index (χ2v) is 21.4. The Balaban J connectivity index is 1.02. The molecular weight excluding hydrogens is 997 g/mol. The molecule has 382 valence electrons. The number of anilines is 6. The Morgan fingerprint density at radius 1 is 0.207 bits per heavy atom. The van der Waals surface area contributed by atoms with E-state index in [9.17, 15) is 0 Å². The van der Waals surface area contributed by atoms with Crippen LogP contribution in [-0.2, 0) is 0 Å². The lowest BCUT2D eigenvalue weighted by molar-refractivity contribution is 0.669. The quantitative estimate of drug-likeness (QED) is 0.142. The normalized spacial score (nSPS) is 11.9. The van der Waals surface area contributed by atoms with Crippen LogP contribution in [0, 0.1) is 0 Å². The molecular formula is C78H48N2O2. The van der Waals surface area contributed by atoms with E-state index in [1.54, 1.807) is 0 Å². The molecule has 0 N–H and O–H groups in total. The van der Waals surface area contributed by atoms with Crippen LogP contribution in [0.25, 0.3) is 131 Å². The van der Waals surface area contributed by atoms with Gasteiger partial charge >= 0.3 is 0 Å². The zero-order chi connectivity index (χ0) is 53.8. The summed E-state index contributed by atoms with van der Waals surface area (Å²) in [6.07, 6.45) is 0.